The third kappa shape index (κ3) is 1.75. The van der Waals surface area contributed by atoms with Crippen LogP contribution in [0.5, 0.6) is 0 Å². The molecule has 92 valence electrons. The zero-order valence-electron chi connectivity index (χ0n) is 9.70. The molecule has 0 saturated carbocycles. The summed E-state index contributed by atoms with van der Waals surface area (Å²) >= 11 is 0. The van der Waals surface area contributed by atoms with Crippen molar-refractivity contribution in [2.24, 2.45) is 0 Å². The van der Waals surface area contributed by atoms with Crippen molar-refractivity contribution in [1.82, 2.24) is 19.5 Å². The number of carbonyl (C=O) groups is 1. The summed E-state index contributed by atoms with van der Waals surface area (Å²) < 4.78 is 1.66. The number of aromatic carboxylic acids is 1. The largest absolute Gasteiger partial charge is 0.476 e. The maximum absolute atomic E-state index is 10.8. The van der Waals surface area contributed by atoms with Gasteiger partial charge in [-0.15, -0.1) is 0 Å². The number of aryl methyl sites for hydroxylation is 1. The van der Waals surface area contributed by atoms with Gasteiger partial charge in [0.15, 0.2) is 5.69 Å². The lowest BCUT2D eigenvalue weighted by Gasteiger charge is -2.17. The summed E-state index contributed by atoms with van der Waals surface area (Å²) in [4.78, 5) is 23.2. The Labute approximate surface area is 103 Å². The van der Waals surface area contributed by atoms with Crippen LogP contribution in [0.25, 0.3) is 5.82 Å². The van der Waals surface area contributed by atoms with Gasteiger partial charge in [0.2, 0.25) is 0 Å². The van der Waals surface area contributed by atoms with Gasteiger partial charge in [0.1, 0.15) is 18.5 Å². The maximum Gasteiger partial charge on any atom is 0.356 e. The van der Waals surface area contributed by atoms with Crippen LogP contribution >= 0.6 is 0 Å². The van der Waals surface area contributed by atoms with E-state index >= 15 is 0 Å². The fraction of sp³-hybridized carbons (Fsp3) is 0.333. The van der Waals surface area contributed by atoms with Crippen LogP contribution in [0.1, 0.15) is 34.6 Å². The smallest absolute Gasteiger partial charge is 0.356 e. The van der Waals surface area contributed by atoms with Crippen LogP contribution in [0.15, 0.2) is 18.9 Å². The number of hydrogen-bond donors (Lipinski definition) is 1. The third-order valence-electron chi connectivity index (χ3n) is 3.15. The first kappa shape index (κ1) is 10.9. The van der Waals surface area contributed by atoms with Crippen molar-refractivity contribution in [3.05, 3.63) is 35.8 Å². The quantitative estimate of drug-likeness (QED) is 0.859. The molecular weight excluding hydrogens is 232 g/mol. The monoisotopic (exact) mass is 244 g/mol. The van der Waals surface area contributed by atoms with Crippen molar-refractivity contribution >= 4 is 5.97 Å². The highest BCUT2D eigenvalue weighted by atomic mass is 16.4. The number of rotatable bonds is 2. The van der Waals surface area contributed by atoms with Crippen molar-refractivity contribution in [3.8, 4) is 5.82 Å². The lowest BCUT2D eigenvalue weighted by Crippen LogP contribution is -2.11. The van der Waals surface area contributed by atoms with Crippen LogP contribution in [-0.4, -0.2) is 30.6 Å². The van der Waals surface area contributed by atoms with Gasteiger partial charge in [0, 0.05) is 17.5 Å². The van der Waals surface area contributed by atoms with E-state index in [0.29, 0.717) is 0 Å². The second-order valence-corrected chi connectivity index (χ2v) is 4.30. The Morgan fingerprint density at radius 1 is 1.22 bits per heavy atom. The average Bonchev–Trinajstić information content (AvgIpc) is 2.87. The summed E-state index contributed by atoms with van der Waals surface area (Å²) in [6.45, 7) is 0. The first-order chi connectivity index (χ1) is 8.75. The van der Waals surface area contributed by atoms with Crippen molar-refractivity contribution in [3.63, 3.8) is 0 Å². The number of imidazole rings is 1. The molecule has 1 aliphatic rings. The lowest BCUT2D eigenvalue weighted by atomic mass is 9.96. The minimum Gasteiger partial charge on any atom is -0.476 e. The van der Waals surface area contributed by atoms with Gasteiger partial charge in [0.25, 0.3) is 0 Å². The first-order valence-electron chi connectivity index (χ1n) is 5.86. The molecule has 0 saturated heterocycles. The van der Waals surface area contributed by atoms with Gasteiger partial charge in [-0.25, -0.2) is 19.7 Å². The SMILES string of the molecule is O=C(O)c1cn(-c2ncnc3c2CCCC3)cn1. The number of fused-ring (bicyclic) bond motifs is 1. The molecular formula is C12H12N4O2. The molecule has 6 heteroatoms. The van der Waals surface area contributed by atoms with Gasteiger partial charge >= 0.3 is 5.97 Å². The van der Waals surface area contributed by atoms with Crippen LogP contribution in [0, 0.1) is 0 Å². The minimum absolute atomic E-state index is 0.0261. The lowest BCUT2D eigenvalue weighted by molar-refractivity contribution is 0.0691. The van der Waals surface area contributed by atoms with E-state index in [4.69, 9.17) is 5.11 Å². The van der Waals surface area contributed by atoms with E-state index in [1.165, 1.54) is 18.9 Å². The molecule has 0 fully saturated rings. The second-order valence-electron chi connectivity index (χ2n) is 4.30. The van der Waals surface area contributed by atoms with Gasteiger partial charge in [-0.1, -0.05) is 0 Å². The normalized spacial score (nSPS) is 14.2. The molecule has 0 aromatic carbocycles. The molecule has 2 aromatic rings. The Kier molecular flexibility index (Phi) is 2.55. The highest BCUT2D eigenvalue weighted by Gasteiger charge is 2.17. The van der Waals surface area contributed by atoms with Crippen molar-refractivity contribution in [2.75, 3.05) is 0 Å². The zero-order valence-corrected chi connectivity index (χ0v) is 9.70. The Morgan fingerprint density at radius 2 is 2.06 bits per heavy atom. The van der Waals surface area contributed by atoms with E-state index in [-0.39, 0.29) is 5.69 Å². The summed E-state index contributed by atoms with van der Waals surface area (Å²) in [6, 6.07) is 0. The first-order valence-corrected chi connectivity index (χ1v) is 5.86. The zero-order chi connectivity index (χ0) is 12.5. The Morgan fingerprint density at radius 3 is 2.83 bits per heavy atom. The van der Waals surface area contributed by atoms with Crippen molar-refractivity contribution < 1.29 is 9.90 Å². The number of aromatic nitrogens is 4. The molecule has 3 rings (SSSR count). The molecule has 18 heavy (non-hydrogen) atoms. The Bertz CT molecular complexity index is 606. The molecule has 2 aromatic heterocycles. The van der Waals surface area contributed by atoms with Crippen molar-refractivity contribution in [2.45, 2.75) is 25.7 Å². The van der Waals surface area contributed by atoms with Crippen LogP contribution in [0.2, 0.25) is 0 Å². The van der Waals surface area contributed by atoms with Gasteiger partial charge in [-0.05, 0) is 25.7 Å². The summed E-state index contributed by atoms with van der Waals surface area (Å²) in [5.41, 5.74) is 2.20. The molecule has 0 amide bonds. The van der Waals surface area contributed by atoms with Gasteiger partial charge in [-0.3, -0.25) is 4.57 Å². The third-order valence-corrected chi connectivity index (χ3v) is 3.15. The molecule has 1 N–H and O–H groups in total. The second kappa shape index (κ2) is 4.21. The molecule has 0 bridgehead atoms. The molecule has 0 spiro atoms. The highest BCUT2D eigenvalue weighted by Crippen LogP contribution is 2.23. The molecule has 0 radical (unpaired) electrons. The average molecular weight is 244 g/mol. The summed E-state index contributed by atoms with van der Waals surface area (Å²) in [5.74, 6) is -0.281. The summed E-state index contributed by atoms with van der Waals surface area (Å²) in [6.07, 6.45) is 8.67. The highest BCUT2D eigenvalue weighted by molar-refractivity contribution is 5.85. The van der Waals surface area contributed by atoms with Crippen LogP contribution in [-0.2, 0) is 12.8 Å². The van der Waals surface area contributed by atoms with E-state index in [2.05, 4.69) is 15.0 Å². The molecule has 6 nitrogen and oxygen atoms in total. The topological polar surface area (TPSA) is 80.9 Å². The minimum atomic E-state index is -1.03. The predicted octanol–water partition coefficient (Wildman–Crippen LogP) is 1.24. The van der Waals surface area contributed by atoms with E-state index in [1.807, 2.05) is 0 Å². The fourth-order valence-electron chi connectivity index (χ4n) is 2.28. The predicted molar refractivity (Wildman–Crippen MR) is 62.8 cm³/mol. The van der Waals surface area contributed by atoms with Crippen LogP contribution in [0.4, 0.5) is 0 Å². The fourth-order valence-corrected chi connectivity index (χ4v) is 2.28. The molecule has 0 atom stereocenters. The standard InChI is InChI=1S/C12H12N4O2/c17-12(18)10-5-16(7-15-10)11-8-3-1-2-4-9(8)13-6-14-11/h5-7H,1-4H2,(H,17,18). The van der Waals surface area contributed by atoms with Crippen LogP contribution < -0.4 is 0 Å². The molecule has 0 unspecified atom stereocenters. The Hall–Kier alpha value is -2.24. The van der Waals surface area contributed by atoms with E-state index in [0.717, 1.165) is 42.8 Å². The number of carboxylic acids is 1. The van der Waals surface area contributed by atoms with Gasteiger partial charge in [0.05, 0.1) is 0 Å². The maximum atomic E-state index is 10.8. The van der Waals surface area contributed by atoms with E-state index in [9.17, 15) is 4.79 Å². The van der Waals surface area contributed by atoms with E-state index in [1.54, 1.807) is 4.57 Å². The number of nitrogens with zero attached hydrogens (tertiary/aromatic N) is 4. The van der Waals surface area contributed by atoms with Gasteiger partial charge < -0.3 is 5.11 Å². The molecule has 2 heterocycles. The molecule has 1 aliphatic carbocycles. The summed E-state index contributed by atoms with van der Waals surface area (Å²) in [7, 11) is 0. The summed E-state index contributed by atoms with van der Waals surface area (Å²) in [5, 5.41) is 8.87. The van der Waals surface area contributed by atoms with Gasteiger partial charge in [-0.2, -0.15) is 0 Å². The number of hydrogen-bond acceptors (Lipinski definition) is 4. The van der Waals surface area contributed by atoms with Crippen molar-refractivity contribution in [1.29, 1.82) is 0 Å². The Balaban J connectivity index is 2.08. The van der Waals surface area contributed by atoms with E-state index < -0.39 is 5.97 Å². The van der Waals surface area contributed by atoms with Crippen LogP contribution in [0.3, 0.4) is 0 Å². The number of carboxylic acid groups (broad SMARTS) is 1. The molecule has 0 aliphatic heterocycles.